The number of ether oxygens (including phenoxy) is 2. The molecule has 3 aromatic rings. The number of nitrogens with zero attached hydrogens (tertiary/aromatic N) is 2. The first-order valence-corrected chi connectivity index (χ1v) is 9.54. The summed E-state index contributed by atoms with van der Waals surface area (Å²) >= 11 is 1.68. The second-order valence-corrected chi connectivity index (χ2v) is 7.14. The minimum atomic E-state index is -0.379. The molecule has 0 spiro atoms. The van der Waals surface area contributed by atoms with Crippen molar-refractivity contribution in [3.8, 4) is 17.2 Å². The number of methoxy groups -OCH3 is 1. The van der Waals surface area contributed by atoms with E-state index in [-0.39, 0.29) is 11.2 Å². The average molecular weight is 384 g/mol. The topological polar surface area (TPSA) is 74.5 Å². The molecular formula is C20H20N2O4S. The highest BCUT2D eigenvalue weighted by molar-refractivity contribution is 7.99. The minimum Gasteiger partial charge on any atom is -0.493 e. The van der Waals surface area contributed by atoms with E-state index in [1.807, 2.05) is 37.3 Å². The molecule has 0 amide bonds. The molecule has 1 unspecified atom stereocenters. The Balaban J connectivity index is 1.52. The van der Waals surface area contributed by atoms with Gasteiger partial charge in [0.25, 0.3) is 0 Å². The molecule has 1 heterocycles. The predicted octanol–water partition coefficient (Wildman–Crippen LogP) is 4.40. The molecule has 0 fully saturated rings. The van der Waals surface area contributed by atoms with Crippen molar-refractivity contribution in [3.63, 3.8) is 0 Å². The van der Waals surface area contributed by atoms with Gasteiger partial charge in [-0.05, 0) is 43.3 Å². The van der Waals surface area contributed by atoms with Crippen LogP contribution in [0.2, 0.25) is 0 Å². The molecule has 7 heteroatoms. The number of hydrogen-bond donors (Lipinski definition) is 0. The molecule has 0 aliphatic rings. The van der Waals surface area contributed by atoms with Crippen molar-refractivity contribution < 1.29 is 18.7 Å². The summed E-state index contributed by atoms with van der Waals surface area (Å²) in [6.45, 7) is 2.62. The van der Waals surface area contributed by atoms with Gasteiger partial charge in [0.15, 0.2) is 0 Å². The Morgan fingerprint density at radius 3 is 2.56 bits per heavy atom. The van der Waals surface area contributed by atoms with E-state index in [2.05, 4.69) is 14.9 Å². The van der Waals surface area contributed by atoms with E-state index < -0.39 is 0 Å². The van der Waals surface area contributed by atoms with Gasteiger partial charge in [0, 0.05) is 11.3 Å². The van der Waals surface area contributed by atoms with Crippen molar-refractivity contribution in [2.75, 3.05) is 19.5 Å². The molecule has 2 aromatic carbocycles. The zero-order valence-electron chi connectivity index (χ0n) is 15.1. The third-order valence-corrected chi connectivity index (χ3v) is 4.91. The van der Waals surface area contributed by atoms with Gasteiger partial charge in [0.2, 0.25) is 11.8 Å². The summed E-state index contributed by atoms with van der Waals surface area (Å²) in [6, 6.07) is 16.6. The zero-order chi connectivity index (χ0) is 19.1. The van der Waals surface area contributed by atoms with E-state index in [1.165, 1.54) is 7.11 Å². The molecule has 27 heavy (non-hydrogen) atoms. The van der Waals surface area contributed by atoms with Crippen molar-refractivity contribution in [2.45, 2.75) is 12.2 Å². The fourth-order valence-electron chi connectivity index (χ4n) is 2.35. The van der Waals surface area contributed by atoms with Gasteiger partial charge >= 0.3 is 5.97 Å². The molecular weight excluding hydrogens is 364 g/mol. The van der Waals surface area contributed by atoms with Crippen LogP contribution in [0.4, 0.5) is 0 Å². The Labute approximate surface area is 161 Å². The van der Waals surface area contributed by atoms with Crippen LogP contribution >= 0.6 is 11.8 Å². The van der Waals surface area contributed by atoms with Crippen LogP contribution in [0.1, 0.15) is 28.4 Å². The lowest BCUT2D eigenvalue weighted by Crippen LogP contribution is -2.01. The normalized spacial score (nSPS) is 11.8. The number of rotatable bonds is 8. The molecule has 1 atom stereocenters. The van der Waals surface area contributed by atoms with Crippen LogP contribution in [0.15, 0.2) is 59.0 Å². The van der Waals surface area contributed by atoms with Crippen LogP contribution in [-0.4, -0.2) is 35.6 Å². The van der Waals surface area contributed by atoms with E-state index in [4.69, 9.17) is 9.15 Å². The highest BCUT2D eigenvalue weighted by Gasteiger charge is 2.16. The number of aromatic nitrogens is 2. The molecule has 0 N–H and O–H groups in total. The average Bonchev–Trinajstić information content (AvgIpc) is 3.22. The number of esters is 1. The monoisotopic (exact) mass is 384 g/mol. The van der Waals surface area contributed by atoms with Gasteiger partial charge in [-0.15, -0.1) is 22.0 Å². The Bertz CT molecular complexity index is 865. The fourth-order valence-corrected chi connectivity index (χ4v) is 3.13. The Morgan fingerprint density at radius 1 is 1.11 bits per heavy atom. The van der Waals surface area contributed by atoms with Crippen molar-refractivity contribution in [2.24, 2.45) is 0 Å². The maximum Gasteiger partial charge on any atom is 0.337 e. The molecule has 140 valence electrons. The van der Waals surface area contributed by atoms with Gasteiger partial charge in [-0.2, -0.15) is 0 Å². The summed E-state index contributed by atoms with van der Waals surface area (Å²) in [5, 5.41) is 8.29. The summed E-state index contributed by atoms with van der Waals surface area (Å²) in [4.78, 5) is 11.5. The number of thioether (sulfide) groups is 1. The molecule has 6 nitrogen and oxygen atoms in total. The van der Waals surface area contributed by atoms with Crippen molar-refractivity contribution in [1.29, 1.82) is 0 Å². The summed E-state index contributed by atoms with van der Waals surface area (Å²) < 4.78 is 16.1. The quantitative estimate of drug-likeness (QED) is 0.421. The molecule has 1 aromatic heterocycles. The number of carbonyl (C=O) groups is 1. The predicted molar refractivity (Wildman–Crippen MR) is 104 cm³/mol. The lowest BCUT2D eigenvalue weighted by molar-refractivity contribution is 0.0600. The van der Waals surface area contributed by atoms with E-state index in [0.717, 1.165) is 17.1 Å². The van der Waals surface area contributed by atoms with Gasteiger partial charge in [-0.1, -0.05) is 18.2 Å². The molecule has 0 bridgehead atoms. The van der Waals surface area contributed by atoms with Crippen molar-refractivity contribution in [1.82, 2.24) is 10.2 Å². The summed E-state index contributed by atoms with van der Waals surface area (Å²) in [5.74, 6) is 2.28. The van der Waals surface area contributed by atoms with E-state index in [0.29, 0.717) is 24.0 Å². The zero-order valence-corrected chi connectivity index (χ0v) is 15.9. The summed E-state index contributed by atoms with van der Waals surface area (Å²) in [7, 11) is 1.35. The molecule has 0 aliphatic carbocycles. The standard InChI is InChI=1S/C20H20N2O4S/c1-14(27-13-12-25-17-6-4-3-5-7-17)18-21-22-19(26-18)15-8-10-16(11-9-15)20(23)24-2/h3-11,14H,12-13H2,1-2H3. The lowest BCUT2D eigenvalue weighted by Gasteiger charge is -2.08. The molecule has 0 aliphatic heterocycles. The first-order valence-electron chi connectivity index (χ1n) is 8.49. The third-order valence-electron chi connectivity index (χ3n) is 3.80. The largest absolute Gasteiger partial charge is 0.493 e. The first-order chi connectivity index (χ1) is 13.2. The van der Waals surface area contributed by atoms with Crippen molar-refractivity contribution in [3.05, 3.63) is 66.1 Å². The Morgan fingerprint density at radius 2 is 1.85 bits per heavy atom. The number of para-hydroxylation sites is 1. The van der Waals surface area contributed by atoms with Gasteiger partial charge in [0.1, 0.15) is 5.75 Å². The van der Waals surface area contributed by atoms with Crippen LogP contribution in [-0.2, 0) is 4.74 Å². The third kappa shape index (κ3) is 5.10. The first kappa shape index (κ1) is 19.0. The van der Waals surface area contributed by atoms with Crippen LogP contribution in [0.5, 0.6) is 5.75 Å². The van der Waals surface area contributed by atoms with Gasteiger partial charge < -0.3 is 13.9 Å². The Hall–Kier alpha value is -2.80. The van der Waals surface area contributed by atoms with Crippen LogP contribution in [0.25, 0.3) is 11.5 Å². The summed E-state index contributed by atoms with van der Waals surface area (Å²) in [5.41, 5.74) is 1.23. The lowest BCUT2D eigenvalue weighted by atomic mass is 10.1. The van der Waals surface area contributed by atoms with Crippen LogP contribution in [0.3, 0.4) is 0 Å². The van der Waals surface area contributed by atoms with E-state index >= 15 is 0 Å². The molecule has 3 rings (SSSR count). The minimum absolute atomic E-state index is 0.0555. The SMILES string of the molecule is COC(=O)c1ccc(-c2nnc(C(C)SCCOc3ccccc3)o2)cc1. The second kappa shape index (κ2) is 9.23. The van der Waals surface area contributed by atoms with E-state index in [9.17, 15) is 4.79 Å². The van der Waals surface area contributed by atoms with Crippen LogP contribution in [0, 0.1) is 0 Å². The summed E-state index contributed by atoms with van der Waals surface area (Å²) in [6.07, 6.45) is 0. The Kier molecular flexibility index (Phi) is 6.49. The fraction of sp³-hybridized carbons (Fsp3) is 0.250. The van der Waals surface area contributed by atoms with Gasteiger partial charge in [-0.3, -0.25) is 0 Å². The maximum absolute atomic E-state index is 11.5. The van der Waals surface area contributed by atoms with Crippen molar-refractivity contribution >= 4 is 17.7 Å². The van der Waals surface area contributed by atoms with Gasteiger partial charge in [0.05, 0.1) is 24.5 Å². The molecule has 0 radical (unpaired) electrons. The number of benzene rings is 2. The van der Waals surface area contributed by atoms with Gasteiger partial charge in [-0.25, -0.2) is 4.79 Å². The highest BCUT2D eigenvalue weighted by Crippen LogP contribution is 2.29. The molecule has 0 saturated heterocycles. The number of hydrogen-bond acceptors (Lipinski definition) is 7. The maximum atomic E-state index is 11.5. The molecule has 0 saturated carbocycles. The van der Waals surface area contributed by atoms with Crippen LogP contribution < -0.4 is 4.74 Å². The van der Waals surface area contributed by atoms with E-state index in [1.54, 1.807) is 36.0 Å². The second-order valence-electron chi connectivity index (χ2n) is 5.69. The number of carbonyl (C=O) groups excluding carboxylic acids is 1. The smallest absolute Gasteiger partial charge is 0.337 e. The highest BCUT2D eigenvalue weighted by atomic mass is 32.2.